The molecule has 1 aliphatic rings. The Morgan fingerprint density at radius 3 is 2.87 bits per heavy atom. The highest BCUT2D eigenvalue weighted by Gasteiger charge is 2.24. The van der Waals surface area contributed by atoms with Crippen LogP contribution in [-0.4, -0.2) is 27.0 Å². The maximum atomic E-state index is 11.4. The number of hydroxylamine groups is 1. The summed E-state index contributed by atoms with van der Waals surface area (Å²) in [5, 5.41) is 12.2. The number of hydrogen-bond donors (Lipinski definition) is 4. The molecule has 0 saturated heterocycles. The number of pyridine rings is 1. The summed E-state index contributed by atoms with van der Waals surface area (Å²) < 4.78 is 1.78. The molecule has 2 aromatic rings. The fraction of sp³-hybridized carbons (Fsp3) is 0.467. The maximum absolute atomic E-state index is 11.4. The second-order valence-electron chi connectivity index (χ2n) is 5.88. The van der Waals surface area contributed by atoms with Crippen LogP contribution in [0.15, 0.2) is 12.3 Å². The molecule has 124 valence electrons. The number of aromatic nitrogens is 2. The van der Waals surface area contributed by atoms with Gasteiger partial charge in [-0.2, -0.15) is 0 Å². The summed E-state index contributed by atoms with van der Waals surface area (Å²) in [4.78, 5) is 16.1. The van der Waals surface area contributed by atoms with Crippen molar-refractivity contribution in [3.8, 4) is 0 Å². The first-order valence-corrected chi connectivity index (χ1v) is 8.11. The Labute approximate surface area is 138 Å². The van der Waals surface area contributed by atoms with Crippen LogP contribution in [0.25, 0.3) is 5.65 Å². The van der Waals surface area contributed by atoms with Crippen molar-refractivity contribution in [2.75, 3.05) is 17.6 Å². The highest BCUT2D eigenvalue weighted by atomic mass is 35.5. The number of nitrogens with zero attached hydrogens (tertiary/aromatic N) is 2. The smallest absolute Gasteiger partial charge is 0.262 e. The van der Waals surface area contributed by atoms with Crippen LogP contribution in [0.1, 0.15) is 43.7 Å². The zero-order valence-corrected chi connectivity index (χ0v) is 13.4. The van der Waals surface area contributed by atoms with E-state index in [9.17, 15) is 4.79 Å². The molecule has 0 bridgehead atoms. The van der Waals surface area contributed by atoms with Crippen molar-refractivity contribution in [2.24, 2.45) is 0 Å². The SMILES string of the molecule is Nc1cc(Cl)cn2c(NCC(=O)NO)c(C3CCCCC3)nc12. The third kappa shape index (κ3) is 3.20. The van der Waals surface area contributed by atoms with E-state index in [0.717, 1.165) is 18.5 Å². The van der Waals surface area contributed by atoms with E-state index in [1.165, 1.54) is 19.3 Å². The molecule has 5 N–H and O–H groups in total. The van der Waals surface area contributed by atoms with Gasteiger partial charge in [0.1, 0.15) is 5.82 Å². The van der Waals surface area contributed by atoms with E-state index in [0.29, 0.717) is 28.1 Å². The fourth-order valence-corrected chi connectivity index (χ4v) is 3.41. The molecule has 1 saturated carbocycles. The lowest BCUT2D eigenvalue weighted by Crippen LogP contribution is -2.27. The van der Waals surface area contributed by atoms with Crippen LogP contribution in [0.3, 0.4) is 0 Å². The number of fused-ring (bicyclic) bond motifs is 1. The van der Waals surface area contributed by atoms with Gasteiger partial charge in [-0.05, 0) is 18.9 Å². The summed E-state index contributed by atoms with van der Waals surface area (Å²) in [6.45, 7) is -0.0591. The first-order chi connectivity index (χ1) is 11.1. The van der Waals surface area contributed by atoms with Gasteiger partial charge in [-0.15, -0.1) is 0 Å². The number of carbonyl (C=O) groups is 1. The molecule has 7 nitrogen and oxygen atoms in total. The Bertz CT molecular complexity index is 724. The van der Waals surface area contributed by atoms with Gasteiger partial charge in [0.05, 0.1) is 22.9 Å². The number of imidazole rings is 1. The zero-order valence-electron chi connectivity index (χ0n) is 12.7. The molecular formula is C15H20ClN5O2. The highest BCUT2D eigenvalue weighted by molar-refractivity contribution is 6.30. The van der Waals surface area contributed by atoms with Crippen LogP contribution in [0.2, 0.25) is 5.02 Å². The number of nitrogens with one attached hydrogen (secondary N) is 2. The van der Waals surface area contributed by atoms with Crippen molar-refractivity contribution in [3.05, 3.63) is 23.0 Å². The first-order valence-electron chi connectivity index (χ1n) is 7.74. The summed E-state index contributed by atoms with van der Waals surface area (Å²) in [7, 11) is 0. The van der Waals surface area contributed by atoms with Gasteiger partial charge in [0.2, 0.25) is 0 Å². The third-order valence-electron chi connectivity index (χ3n) is 4.28. The minimum atomic E-state index is -0.524. The van der Waals surface area contributed by atoms with E-state index in [1.54, 1.807) is 22.1 Å². The van der Waals surface area contributed by atoms with Crippen molar-refractivity contribution in [2.45, 2.75) is 38.0 Å². The Kier molecular flexibility index (Phi) is 4.58. The summed E-state index contributed by atoms with van der Waals surface area (Å²) >= 11 is 6.11. The summed E-state index contributed by atoms with van der Waals surface area (Å²) in [6.07, 6.45) is 7.45. The number of rotatable bonds is 4. The number of carbonyl (C=O) groups excluding carboxylic acids is 1. The van der Waals surface area contributed by atoms with Crippen LogP contribution < -0.4 is 16.5 Å². The van der Waals surface area contributed by atoms with E-state index in [2.05, 4.69) is 5.32 Å². The van der Waals surface area contributed by atoms with Gasteiger partial charge in [0.25, 0.3) is 5.91 Å². The van der Waals surface area contributed by atoms with Gasteiger partial charge in [0.15, 0.2) is 5.65 Å². The predicted octanol–water partition coefficient (Wildman–Crippen LogP) is 2.53. The van der Waals surface area contributed by atoms with E-state index >= 15 is 0 Å². The average molecular weight is 338 g/mol. The zero-order chi connectivity index (χ0) is 16.4. The van der Waals surface area contributed by atoms with Gasteiger partial charge in [-0.3, -0.25) is 14.4 Å². The van der Waals surface area contributed by atoms with Crippen molar-refractivity contribution in [3.63, 3.8) is 0 Å². The number of nitrogens with two attached hydrogens (primary N) is 1. The van der Waals surface area contributed by atoms with Crippen molar-refractivity contribution < 1.29 is 10.0 Å². The minimum absolute atomic E-state index is 0.0591. The van der Waals surface area contributed by atoms with E-state index in [1.807, 2.05) is 0 Å². The monoisotopic (exact) mass is 337 g/mol. The summed E-state index contributed by atoms with van der Waals surface area (Å²) in [5.41, 5.74) is 9.68. The molecule has 1 fully saturated rings. The number of amides is 1. The molecule has 0 radical (unpaired) electrons. The Morgan fingerprint density at radius 1 is 1.43 bits per heavy atom. The van der Waals surface area contributed by atoms with Crippen LogP contribution in [0.5, 0.6) is 0 Å². The third-order valence-corrected chi connectivity index (χ3v) is 4.48. The van der Waals surface area contributed by atoms with Crippen molar-refractivity contribution in [1.29, 1.82) is 0 Å². The van der Waals surface area contributed by atoms with Gasteiger partial charge in [-0.25, -0.2) is 10.5 Å². The molecule has 23 heavy (non-hydrogen) atoms. The second-order valence-corrected chi connectivity index (χ2v) is 6.31. The first kappa shape index (κ1) is 15.9. The number of halogens is 1. The molecule has 0 spiro atoms. The molecule has 0 unspecified atom stereocenters. The van der Waals surface area contributed by atoms with E-state index in [4.69, 9.17) is 27.5 Å². The molecule has 1 amide bonds. The van der Waals surface area contributed by atoms with Crippen molar-refractivity contribution >= 4 is 34.7 Å². The number of hydrogen-bond acceptors (Lipinski definition) is 5. The van der Waals surface area contributed by atoms with Gasteiger partial charge < -0.3 is 11.1 Å². The molecule has 2 heterocycles. The quantitative estimate of drug-likeness (QED) is 0.507. The molecule has 8 heteroatoms. The van der Waals surface area contributed by atoms with Gasteiger partial charge >= 0.3 is 0 Å². The Hall–Kier alpha value is -1.99. The topological polar surface area (TPSA) is 105 Å². The molecule has 0 atom stereocenters. The maximum Gasteiger partial charge on any atom is 0.262 e. The normalized spacial score (nSPS) is 15.7. The highest BCUT2D eigenvalue weighted by Crippen LogP contribution is 2.37. The number of anilines is 2. The van der Waals surface area contributed by atoms with Crippen LogP contribution in [-0.2, 0) is 4.79 Å². The average Bonchev–Trinajstić information content (AvgIpc) is 2.92. The van der Waals surface area contributed by atoms with Crippen LogP contribution in [0, 0.1) is 0 Å². The minimum Gasteiger partial charge on any atom is -0.396 e. The molecule has 2 aromatic heterocycles. The Balaban J connectivity index is 2.05. The molecule has 0 aromatic carbocycles. The van der Waals surface area contributed by atoms with Crippen molar-refractivity contribution in [1.82, 2.24) is 14.9 Å². The van der Waals surface area contributed by atoms with Gasteiger partial charge in [-0.1, -0.05) is 30.9 Å². The van der Waals surface area contributed by atoms with Crippen LogP contribution in [0.4, 0.5) is 11.5 Å². The second kappa shape index (κ2) is 6.64. The van der Waals surface area contributed by atoms with Gasteiger partial charge in [0, 0.05) is 12.1 Å². The lowest BCUT2D eigenvalue weighted by molar-refractivity contribution is -0.127. The lowest BCUT2D eigenvalue weighted by atomic mass is 9.87. The van der Waals surface area contributed by atoms with Crippen LogP contribution >= 0.6 is 11.6 Å². The molecule has 0 aliphatic heterocycles. The molecule has 1 aliphatic carbocycles. The lowest BCUT2D eigenvalue weighted by Gasteiger charge is -2.21. The molecular weight excluding hydrogens is 318 g/mol. The largest absolute Gasteiger partial charge is 0.396 e. The summed E-state index contributed by atoms with van der Waals surface area (Å²) in [5.74, 6) is 0.524. The van der Waals surface area contributed by atoms with E-state index < -0.39 is 5.91 Å². The number of nitrogen functional groups attached to an aromatic ring is 1. The standard InChI is InChI=1S/C15H20ClN5O2/c16-10-6-11(17)14-19-13(9-4-2-1-3-5-9)15(21(14)8-10)18-7-12(22)20-23/h6,8-9,18,23H,1-5,7,17H2,(H,20,22). The summed E-state index contributed by atoms with van der Waals surface area (Å²) in [6, 6.07) is 1.67. The Morgan fingerprint density at radius 2 is 2.17 bits per heavy atom. The predicted molar refractivity (Wildman–Crippen MR) is 88.9 cm³/mol. The molecule has 3 rings (SSSR count). The van der Waals surface area contributed by atoms with E-state index in [-0.39, 0.29) is 6.54 Å². The fourth-order valence-electron chi connectivity index (χ4n) is 3.19.